The smallest absolute Gasteiger partial charge is 0.271 e. The van der Waals surface area contributed by atoms with Gasteiger partial charge in [0.25, 0.3) is 11.8 Å². The summed E-state index contributed by atoms with van der Waals surface area (Å²) in [5.41, 5.74) is 0.282. The number of halogens is 2. The molecule has 8 heteroatoms. The molecule has 0 aliphatic carbocycles. The van der Waals surface area contributed by atoms with E-state index in [4.69, 9.17) is 11.6 Å². The minimum atomic E-state index is -0.640. The van der Waals surface area contributed by atoms with E-state index in [2.05, 4.69) is 10.2 Å². The maximum atomic E-state index is 13.8. The number of carbonyl (C=O) groups is 2. The average molecular weight is 337 g/mol. The molecule has 1 fully saturated rings. The van der Waals surface area contributed by atoms with Crippen LogP contribution in [0.2, 0.25) is 5.02 Å². The molecular formula is C15H14ClFN4O2. The molecule has 1 saturated heterocycles. The van der Waals surface area contributed by atoms with Gasteiger partial charge in [0, 0.05) is 32.4 Å². The van der Waals surface area contributed by atoms with Crippen molar-refractivity contribution in [3.05, 3.63) is 52.6 Å². The predicted molar refractivity (Wildman–Crippen MR) is 81.8 cm³/mol. The summed E-state index contributed by atoms with van der Waals surface area (Å²) in [5, 5.41) is 6.46. The Kier molecular flexibility index (Phi) is 4.29. The zero-order valence-corrected chi connectivity index (χ0v) is 12.9. The molecule has 1 aliphatic heterocycles. The lowest BCUT2D eigenvalue weighted by Crippen LogP contribution is -2.50. The van der Waals surface area contributed by atoms with Crippen LogP contribution in [0.25, 0.3) is 0 Å². The van der Waals surface area contributed by atoms with Crippen LogP contribution in [0.1, 0.15) is 20.8 Å². The first kappa shape index (κ1) is 15.5. The van der Waals surface area contributed by atoms with Crippen molar-refractivity contribution in [3.8, 4) is 0 Å². The van der Waals surface area contributed by atoms with Crippen LogP contribution in [0.15, 0.2) is 30.5 Å². The third-order valence-corrected chi connectivity index (χ3v) is 4.08. The molecule has 120 valence electrons. The average Bonchev–Trinajstić information content (AvgIpc) is 3.08. The molecule has 6 nitrogen and oxygen atoms in total. The second-order valence-corrected chi connectivity index (χ2v) is 5.56. The van der Waals surface area contributed by atoms with E-state index in [1.165, 1.54) is 29.3 Å². The molecular weight excluding hydrogens is 323 g/mol. The highest BCUT2D eigenvalue weighted by Gasteiger charge is 2.28. The lowest BCUT2D eigenvalue weighted by atomic mass is 10.1. The molecule has 2 amide bonds. The van der Waals surface area contributed by atoms with Crippen LogP contribution in [-0.4, -0.2) is 58.0 Å². The Labute approximate surface area is 136 Å². The van der Waals surface area contributed by atoms with E-state index in [0.29, 0.717) is 31.9 Å². The summed E-state index contributed by atoms with van der Waals surface area (Å²) in [5.74, 6) is -1.27. The zero-order valence-electron chi connectivity index (χ0n) is 12.1. The quantitative estimate of drug-likeness (QED) is 0.909. The van der Waals surface area contributed by atoms with Crippen LogP contribution < -0.4 is 0 Å². The molecule has 0 unspecified atom stereocenters. The summed E-state index contributed by atoms with van der Waals surface area (Å²) >= 11 is 5.93. The van der Waals surface area contributed by atoms with Crippen LogP contribution in [-0.2, 0) is 0 Å². The van der Waals surface area contributed by atoms with E-state index in [-0.39, 0.29) is 16.5 Å². The fourth-order valence-corrected chi connectivity index (χ4v) is 2.76. The van der Waals surface area contributed by atoms with Crippen molar-refractivity contribution in [2.45, 2.75) is 0 Å². The number of amides is 2. The SMILES string of the molecule is O=C(c1ccn[nH]1)N1CCN(C(=O)c2c(F)cccc2Cl)CC1. The summed E-state index contributed by atoms with van der Waals surface area (Å²) in [6.07, 6.45) is 1.51. The van der Waals surface area contributed by atoms with Gasteiger partial charge in [-0.25, -0.2) is 4.39 Å². The second-order valence-electron chi connectivity index (χ2n) is 5.15. The van der Waals surface area contributed by atoms with E-state index in [9.17, 15) is 14.0 Å². The molecule has 0 saturated carbocycles. The Balaban J connectivity index is 1.67. The molecule has 0 radical (unpaired) electrons. The maximum absolute atomic E-state index is 13.8. The molecule has 23 heavy (non-hydrogen) atoms. The van der Waals surface area contributed by atoms with Gasteiger partial charge in [-0.15, -0.1) is 0 Å². The van der Waals surface area contributed by atoms with Gasteiger partial charge in [-0.2, -0.15) is 5.10 Å². The maximum Gasteiger partial charge on any atom is 0.271 e. The van der Waals surface area contributed by atoms with Crippen molar-refractivity contribution in [1.82, 2.24) is 20.0 Å². The lowest BCUT2D eigenvalue weighted by Gasteiger charge is -2.34. The molecule has 0 spiro atoms. The van der Waals surface area contributed by atoms with E-state index in [1.807, 2.05) is 0 Å². The number of rotatable bonds is 2. The van der Waals surface area contributed by atoms with Gasteiger partial charge in [0.15, 0.2) is 0 Å². The van der Waals surface area contributed by atoms with Crippen molar-refractivity contribution < 1.29 is 14.0 Å². The molecule has 0 atom stereocenters. The Morgan fingerprint density at radius 3 is 2.30 bits per heavy atom. The number of piperazine rings is 1. The van der Waals surface area contributed by atoms with Crippen molar-refractivity contribution in [1.29, 1.82) is 0 Å². The molecule has 2 aromatic rings. The number of aromatic nitrogens is 2. The largest absolute Gasteiger partial charge is 0.335 e. The zero-order chi connectivity index (χ0) is 16.4. The van der Waals surface area contributed by atoms with Gasteiger partial charge >= 0.3 is 0 Å². The van der Waals surface area contributed by atoms with Crippen molar-refractivity contribution in [3.63, 3.8) is 0 Å². The van der Waals surface area contributed by atoms with Gasteiger partial charge in [0.1, 0.15) is 11.5 Å². The summed E-state index contributed by atoms with van der Waals surface area (Å²) in [4.78, 5) is 27.7. The topological polar surface area (TPSA) is 69.3 Å². The Hall–Kier alpha value is -2.41. The molecule has 1 aliphatic rings. The summed E-state index contributed by atoms with van der Waals surface area (Å²) in [6, 6.07) is 5.74. The van der Waals surface area contributed by atoms with Crippen LogP contribution in [0, 0.1) is 5.82 Å². The summed E-state index contributed by atoms with van der Waals surface area (Å²) < 4.78 is 13.8. The first-order chi connectivity index (χ1) is 11.1. The highest BCUT2D eigenvalue weighted by atomic mass is 35.5. The lowest BCUT2D eigenvalue weighted by molar-refractivity contribution is 0.0529. The molecule has 0 bridgehead atoms. The second kappa shape index (κ2) is 6.37. The Morgan fingerprint density at radius 2 is 1.74 bits per heavy atom. The molecule has 1 N–H and O–H groups in total. The van der Waals surface area contributed by atoms with Gasteiger partial charge < -0.3 is 9.80 Å². The molecule has 1 aromatic carbocycles. The highest BCUT2D eigenvalue weighted by Crippen LogP contribution is 2.21. The van der Waals surface area contributed by atoms with Crippen molar-refractivity contribution in [2.75, 3.05) is 26.2 Å². The number of nitrogens with zero attached hydrogens (tertiary/aromatic N) is 3. The number of H-pyrrole nitrogens is 1. The number of hydrogen-bond donors (Lipinski definition) is 1. The van der Waals surface area contributed by atoms with Gasteiger partial charge in [-0.3, -0.25) is 14.7 Å². The van der Waals surface area contributed by atoms with Crippen LogP contribution >= 0.6 is 11.6 Å². The fourth-order valence-electron chi connectivity index (χ4n) is 2.52. The number of benzene rings is 1. The standard InChI is InChI=1S/C15H14ClFN4O2/c16-10-2-1-3-11(17)13(10)15(23)21-8-6-20(7-9-21)14(22)12-4-5-18-19-12/h1-5H,6-9H2,(H,18,19). The van der Waals surface area contributed by atoms with E-state index < -0.39 is 11.7 Å². The first-order valence-corrected chi connectivity index (χ1v) is 7.47. The fraction of sp³-hybridized carbons (Fsp3) is 0.267. The van der Waals surface area contributed by atoms with Crippen LogP contribution in [0.3, 0.4) is 0 Å². The van der Waals surface area contributed by atoms with Gasteiger partial charge in [0.05, 0.1) is 10.6 Å². The summed E-state index contributed by atoms with van der Waals surface area (Å²) in [7, 11) is 0. The van der Waals surface area contributed by atoms with Gasteiger partial charge in [0.2, 0.25) is 0 Å². The minimum Gasteiger partial charge on any atom is -0.335 e. The number of aromatic amines is 1. The number of carbonyl (C=O) groups excluding carboxylic acids is 2. The molecule has 3 rings (SSSR count). The van der Waals surface area contributed by atoms with Crippen LogP contribution in [0.5, 0.6) is 0 Å². The van der Waals surface area contributed by atoms with Crippen molar-refractivity contribution in [2.24, 2.45) is 0 Å². The predicted octanol–water partition coefficient (Wildman–Crippen LogP) is 1.80. The van der Waals surface area contributed by atoms with E-state index >= 15 is 0 Å². The molecule has 2 heterocycles. The van der Waals surface area contributed by atoms with Gasteiger partial charge in [-0.05, 0) is 18.2 Å². The third kappa shape index (κ3) is 3.05. The first-order valence-electron chi connectivity index (χ1n) is 7.10. The minimum absolute atomic E-state index is 0.0889. The molecule has 1 aromatic heterocycles. The van der Waals surface area contributed by atoms with E-state index in [1.54, 1.807) is 11.0 Å². The Bertz CT molecular complexity index is 707. The van der Waals surface area contributed by atoms with E-state index in [0.717, 1.165) is 0 Å². The van der Waals surface area contributed by atoms with Crippen LogP contribution in [0.4, 0.5) is 4.39 Å². The monoisotopic (exact) mass is 336 g/mol. The number of hydrogen-bond acceptors (Lipinski definition) is 3. The Morgan fingerprint density at radius 1 is 1.09 bits per heavy atom. The highest BCUT2D eigenvalue weighted by molar-refractivity contribution is 6.33. The third-order valence-electron chi connectivity index (χ3n) is 3.76. The number of nitrogens with one attached hydrogen (secondary N) is 1. The van der Waals surface area contributed by atoms with Crippen molar-refractivity contribution >= 4 is 23.4 Å². The normalized spacial score (nSPS) is 14.9. The summed E-state index contributed by atoms with van der Waals surface area (Å²) in [6.45, 7) is 1.39. The van der Waals surface area contributed by atoms with Gasteiger partial charge in [-0.1, -0.05) is 17.7 Å².